The second-order valence-corrected chi connectivity index (χ2v) is 10.4. The lowest BCUT2D eigenvalue weighted by Gasteiger charge is -2.32. The van der Waals surface area contributed by atoms with E-state index < -0.39 is 6.04 Å². The van der Waals surface area contributed by atoms with Crippen LogP contribution in [0.3, 0.4) is 0 Å². The van der Waals surface area contributed by atoms with E-state index in [0.29, 0.717) is 18.0 Å². The molecule has 4 rings (SSSR count). The standard InChI is InChI=1S/C29H31ClN2O2S/c30-24-13-9-12-23(18-24)20-32(28(33)21-35-26-16-5-2-6-17-26)27(19-22-10-3-1-4-11-22)29(34)31-25-14-7-8-15-25/h1-6,9-13,16-18,25,27H,7-8,14-15,19-21H2,(H,31,34)/t27-/m1/s1. The fraction of sp³-hybridized carbons (Fsp3) is 0.310. The summed E-state index contributed by atoms with van der Waals surface area (Å²) in [7, 11) is 0. The molecular formula is C29H31ClN2O2S. The van der Waals surface area contributed by atoms with Crippen LogP contribution < -0.4 is 5.32 Å². The minimum Gasteiger partial charge on any atom is -0.352 e. The third-order valence-corrected chi connectivity index (χ3v) is 7.55. The van der Waals surface area contributed by atoms with E-state index in [1.165, 1.54) is 11.8 Å². The Morgan fingerprint density at radius 3 is 2.26 bits per heavy atom. The van der Waals surface area contributed by atoms with Crippen LogP contribution in [-0.4, -0.2) is 34.6 Å². The molecule has 1 atom stereocenters. The molecule has 0 saturated heterocycles. The normalized spacial score (nSPS) is 14.4. The molecule has 3 aromatic rings. The number of amides is 2. The minimum absolute atomic E-state index is 0.0682. The van der Waals surface area contributed by atoms with E-state index in [-0.39, 0.29) is 23.6 Å². The van der Waals surface area contributed by atoms with Crippen molar-refractivity contribution in [3.05, 3.63) is 101 Å². The van der Waals surface area contributed by atoms with Crippen molar-refractivity contribution in [3.8, 4) is 0 Å². The zero-order chi connectivity index (χ0) is 24.5. The Labute approximate surface area is 217 Å². The molecule has 0 radical (unpaired) electrons. The highest BCUT2D eigenvalue weighted by Crippen LogP contribution is 2.23. The molecule has 0 bridgehead atoms. The van der Waals surface area contributed by atoms with E-state index in [4.69, 9.17) is 11.6 Å². The van der Waals surface area contributed by atoms with Crippen LogP contribution in [0.4, 0.5) is 0 Å². The van der Waals surface area contributed by atoms with Crippen LogP contribution in [0.5, 0.6) is 0 Å². The lowest BCUT2D eigenvalue weighted by molar-refractivity contribution is -0.139. The SMILES string of the molecule is O=C(NC1CCCC1)[C@@H](Cc1ccccc1)N(Cc1cccc(Cl)c1)C(=O)CSc1ccccc1. The van der Waals surface area contributed by atoms with Crippen molar-refractivity contribution in [3.63, 3.8) is 0 Å². The largest absolute Gasteiger partial charge is 0.352 e. The van der Waals surface area contributed by atoms with E-state index in [1.807, 2.05) is 84.9 Å². The first-order valence-corrected chi connectivity index (χ1v) is 13.5. The van der Waals surface area contributed by atoms with Crippen LogP contribution in [0.25, 0.3) is 0 Å². The van der Waals surface area contributed by atoms with Gasteiger partial charge in [-0.3, -0.25) is 9.59 Å². The van der Waals surface area contributed by atoms with Crippen LogP contribution in [0.15, 0.2) is 89.8 Å². The monoisotopic (exact) mass is 506 g/mol. The zero-order valence-electron chi connectivity index (χ0n) is 19.7. The van der Waals surface area contributed by atoms with E-state index in [0.717, 1.165) is 41.7 Å². The van der Waals surface area contributed by atoms with Crippen molar-refractivity contribution in [2.24, 2.45) is 0 Å². The summed E-state index contributed by atoms with van der Waals surface area (Å²) >= 11 is 7.74. The molecule has 0 aliphatic heterocycles. The number of hydrogen-bond acceptors (Lipinski definition) is 3. The highest BCUT2D eigenvalue weighted by atomic mass is 35.5. The molecule has 0 heterocycles. The molecule has 1 aliphatic rings. The van der Waals surface area contributed by atoms with Crippen molar-refractivity contribution < 1.29 is 9.59 Å². The van der Waals surface area contributed by atoms with Gasteiger partial charge >= 0.3 is 0 Å². The second-order valence-electron chi connectivity index (χ2n) is 8.95. The molecule has 182 valence electrons. The van der Waals surface area contributed by atoms with E-state index in [2.05, 4.69) is 5.32 Å². The summed E-state index contributed by atoms with van der Waals surface area (Å²) in [6.45, 7) is 0.324. The summed E-state index contributed by atoms with van der Waals surface area (Å²) in [5, 5.41) is 3.85. The van der Waals surface area contributed by atoms with Crippen LogP contribution in [0.1, 0.15) is 36.8 Å². The fourth-order valence-electron chi connectivity index (χ4n) is 4.50. The minimum atomic E-state index is -0.610. The Morgan fingerprint density at radius 2 is 1.57 bits per heavy atom. The zero-order valence-corrected chi connectivity index (χ0v) is 21.3. The number of nitrogens with zero attached hydrogens (tertiary/aromatic N) is 1. The lowest BCUT2D eigenvalue weighted by Crippen LogP contribution is -2.52. The molecule has 3 aromatic carbocycles. The number of carbonyl (C=O) groups is 2. The first kappa shape index (κ1) is 25.3. The van der Waals surface area contributed by atoms with Gasteiger partial charge in [-0.2, -0.15) is 0 Å². The van der Waals surface area contributed by atoms with Crippen molar-refractivity contribution in [1.29, 1.82) is 0 Å². The average Bonchev–Trinajstić information content (AvgIpc) is 3.39. The van der Waals surface area contributed by atoms with Gasteiger partial charge in [0.2, 0.25) is 11.8 Å². The summed E-state index contributed by atoms with van der Waals surface area (Å²) in [5.74, 6) is 0.106. The molecule has 2 amide bonds. The summed E-state index contributed by atoms with van der Waals surface area (Å²) in [4.78, 5) is 30.1. The maximum atomic E-state index is 13.7. The van der Waals surface area contributed by atoms with E-state index in [1.54, 1.807) is 4.90 Å². The number of nitrogens with one attached hydrogen (secondary N) is 1. The Morgan fingerprint density at radius 1 is 0.914 bits per heavy atom. The molecule has 1 aliphatic carbocycles. The Bertz CT molecular complexity index is 1100. The van der Waals surface area contributed by atoms with Gasteiger partial charge in [-0.15, -0.1) is 11.8 Å². The van der Waals surface area contributed by atoms with Gasteiger partial charge in [0.1, 0.15) is 6.04 Å². The molecule has 6 heteroatoms. The second kappa shape index (κ2) is 12.8. The maximum absolute atomic E-state index is 13.7. The quantitative estimate of drug-likeness (QED) is 0.336. The van der Waals surface area contributed by atoms with Crippen LogP contribution in [0.2, 0.25) is 5.02 Å². The fourth-order valence-corrected chi connectivity index (χ4v) is 5.52. The van der Waals surface area contributed by atoms with Crippen LogP contribution in [0, 0.1) is 0 Å². The Hall–Kier alpha value is -2.76. The Kier molecular flexibility index (Phi) is 9.27. The predicted molar refractivity (Wildman–Crippen MR) is 144 cm³/mol. The topological polar surface area (TPSA) is 49.4 Å². The molecule has 0 aromatic heterocycles. The summed E-state index contributed by atoms with van der Waals surface area (Å²) in [5.41, 5.74) is 1.93. The number of halogens is 1. The molecule has 0 spiro atoms. The van der Waals surface area contributed by atoms with Crippen molar-refractivity contribution in [1.82, 2.24) is 10.2 Å². The van der Waals surface area contributed by atoms with Gasteiger partial charge in [0.05, 0.1) is 5.75 Å². The Balaban J connectivity index is 1.61. The van der Waals surface area contributed by atoms with Crippen LogP contribution >= 0.6 is 23.4 Å². The number of rotatable bonds is 10. The van der Waals surface area contributed by atoms with Gasteiger partial charge in [0.25, 0.3) is 0 Å². The van der Waals surface area contributed by atoms with Crippen LogP contribution in [-0.2, 0) is 22.6 Å². The van der Waals surface area contributed by atoms with Gasteiger partial charge in [-0.05, 0) is 48.2 Å². The summed E-state index contributed by atoms with van der Waals surface area (Å²) < 4.78 is 0. The van der Waals surface area contributed by atoms with E-state index in [9.17, 15) is 9.59 Å². The highest BCUT2D eigenvalue weighted by Gasteiger charge is 2.32. The predicted octanol–water partition coefficient (Wildman–Crippen LogP) is 6.13. The van der Waals surface area contributed by atoms with Crippen molar-refractivity contribution in [2.75, 3.05) is 5.75 Å². The molecular weight excluding hydrogens is 476 g/mol. The smallest absolute Gasteiger partial charge is 0.243 e. The molecule has 1 saturated carbocycles. The number of thioether (sulfide) groups is 1. The molecule has 0 unspecified atom stereocenters. The first-order valence-electron chi connectivity index (χ1n) is 12.1. The van der Waals surface area contributed by atoms with Gasteiger partial charge < -0.3 is 10.2 Å². The highest BCUT2D eigenvalue weighted by molar-refractivity contribution is 8.00. The molecule has 35 heavy (non-hydrogen) atoms. The maximum Gasteiger partial charge on any atom is 0.243 e. The molecule has 4 nitrogen and oxygen atoms in total. The first-order chi connectivity index (χ1) is 17.1. The number of benzene rings is 3. The average molecular weight is 507 g/mol. The van der Waals surface area contributed by atoms with Gasteiger partial charge in [-0.25, -0.2) is 0 Å². The summed E-state index contributed by atoms with van der Waals surface area (Å²) in [6, 6.07) is 26.9. The lowest BCUT2D eigenvalue weighted by atomic mass is 10.0. The number of carbonyl (C=O) groups excluding carboxylic acids is 2. The van der Waals surface area contributed by atoms with Gasteiger partial charge in [-0.1, -0.05) is 85.1 Å². The van der Waals surface area contributed by atoms with E-state index >= 15 is 0 Å². The summed E-state index contributed by atoms with van der Waals surface area (Å²) in [6.07, 6.45) is 4.72. The van der Waals surface area contributed by atoms with Gasteiger partial charge in [0, 0.05) is 28.9 Å². The number of hydrogen-bond donors (Lipinski definition) is 1. The molecule has 1 N–H and O–H groups in total. The third-order valence-electron chi connectivity index (χ3n) is 6.32. The van der Waals surface area contributed by atoms with Crippen molar-refractivity contribution in [2.45, 2.75) is 55.6 Å². The van der Waals surface area contributed by atoms with Gasteiger partial charge in [0.15, 0.2) is 0 Å². The molecule has 1 fully saturated rings. The van der Waals surface area contributed by atoms with Crippen molar-refractivity contribution >= 4 is 35.2 Å². The third kappa shape index (κ3) is 7.61.